The maximum absolute atomic E-state index is 11.0. The van der Waals surface area contributed by atoms with E-state index >= 15 is 0 Å². The highest BCUT2D eigenvalue weighted by molar-refractivity contribution is 7.80. The van der Waals surface area contributed by atoms with Crippen LogP contribution in [0.3, 0.4) is 0 Å². The number of hydrogen-bond acceptors (Lipinski definition) is 2. The minimum atomic E-state index is 0.0488. The molecule has 4 heteroatoms. The van der Waals surface area contributed by atoms with E-state index in [2.05, 4.69) is 10.2 Å². The van der Waals surface area contributed by atoms with E-state index in [1.54, 1.807) is 6.92 Å². The van der Waals surface area contributed by atoms with Crippen molar-refractivity contribution in [1.82, 2.24) is 10.2 Å². The number of carbonyl (C=O) groups is 1. The first kappa shape index (κ1) is 12.4. The summed E-state index contributed by atoms with van der Waals surface area (Å²) in [6.07, 6.45) is 3.76. The largest absolute Gasteiger partial charge is 0.362 e. The van der Waals surface area contributed by atoms with Crippen molar-refractivity contribution in [3.63, 3.8) is 0 Å². The third kappa shape index (κ3) is 4.16. The van der Waals surface area contributed by atoms with Gasteiger partial charge >= 0.3 is 0 Å². The molecule has 1 fully saturated rings. The van der Waals surface area contributed by atoms with Crippen molar-refractivity contribution in [2.45, 2.75) is 33.1 Å². The number of hydrogen-bond donors (Lipinski definition) is 1. The molecular formula is C11H20N2OS. The molecule has 0 radical (unpaired) electrons. The average Bonchev–Trinajstić information content (AvgIpc) is 2.26. The zero-order valence-corrected chi connectivity index (χ0v) is 10.4. The van der Waals surface area contributed by atoms with E-state index in [9.17, 15) is 4.79 Å². The minimum Gasteiger partial charge on any atom is -0.362 e. The Bertz CT molecular complexity index is 237. The number of piperidine rings is 1. The molecule has 0 bridgehead atoms. The number of rotatable bonds is 3. The fraction of sp³-hybridized carbons (Fsp3) is 0.818. The molecule has 0 spiro atoms. The number of carbonyl (C=O) groups excluding carboxylic acids is 1. The molecule has 0 aromatic heterocycles. The summed E-state index contributed by atoms with van der Waals surface area (Å²) in [4.78, 5) is 13.2. The maximum atomic E-state index is 11.0. The van der Waals surface area contributed by atoms with Gasteiger partial charge < -0.3 is 10.2 Å². The van der Waals surface area contributed by atoms with Gasteiger partial charge in [-0.1, -0.05) is 6.92 Å². The maximum Gasteiger partial charge on any atom is 0.168 e. The summed E-state index contributed by atoms with van der Waals surface area (Å²) in [6, 6.07) is 0. The second kappa shape index (κ2) is 6.05. The van der Waals surface area contributed by atoms with Crippen LogP contribution in [0.5, 0.6) is 0 Å². The lowest BCUT2D eigenvalue weighted by molar-refractivity contribution is -0.120. The summed E-state index contributed by atoms with van der Waals surface area (Å²) in [6.45, 7) is 6.32. The van der Waals surface area contributed by atoms with Gasteiger partial charge in [0.05, 0.1) is 0 Å². The summed E-state index contributed by atoms with van der Waals surface area (Å²) < 4.78 is 0. The van der Waals surface area contributed by atoms with Crippen molar-refractivity contribution < 1.29 is 4.79 Å². The van der Waals surface area contributed by atoms with Gasteiger partial charge in [0.15, 0.2) is 5.11 Å². The number of nitrogens with zero attached hydrogens (tertiary/aromatic N) is 1. The third-order valence-corrected chi connectivity index (χ3v) is 3.30. The van der Waals surface area contributed by atoms with Gasteiger partial charge in [-0.2, -0.15) is 0 Å². The minimum absolute atomic E-state index is 0.0488. The molecule has 0 aliphatic carbocycles. The zero-order valence-electron chi connectivity index (χ0n) is 9.58. The van der Waals surface area contributed by atoms with Crippen LogP contribution in [-0.4, -0.2) is 35.4 Å². The van der Waals surface area contributed by atoms with Gasteiger partial charge in [0.25, 0.3) is 0 Å². The van der Waals surface area contributed by atoms with E-state index in [4.69, 9.17) is 12.2 Å². The first-order chi connectivity index (χ1) is 7.11. The Hall–Kier alpha value is -0.640. The Kier molecular flexibility index (Phi) is 5.02. The van der Waals surface area contributed by atoms with Crippen LogP contribution < -0.4 is 5.32 Å². The monoisotopic (exact) mass is 228 g/mol. The van der Waals surface area contributed by atoms with E-state index in [1.807, 2.05) is 6.92 Å². The lowest BCUT2D eigenvalue weighted by atomic mass is 10.1. The normalized spacial score (nSPS) is 18.4. The summed E-state index contributed by atoms with van der Waals surface area (Å²) in [5, 5.41) is 3.98. The second-order valence-corrected chi connectivity index (χ2v) is 4.63. The zero-order chi connectivity index (χ0) is 11.3. The summed E-state index contributed by atoms with van der Waals surface area (Å²) in [5.41, 5.74) is 0. The lowest BCUT2D eigenvalue weighted by Crippen LogP contribution is -2.44. The molecular weight excluding hydrogens is 208 g/mol. The van der Waals surface area contributed by atoms with Crippen molar-refractivity contribution in [3.8, 4) is 0 Å². The standard InChI is InChI=1S/C11H20N2OS/c1-9(10(2)14)8-12-11(15)13-6-4-3-5-7-13/h9H,3-8H2,1-2H3,(H,12,15). The van der Waals surface area contributed by atoms with Crippen LogP contribution >= 0.6 is 12.2 Å². The van der Waals surface area contributed by atoms with Crippen LogP contribution in [0.25, 0.3) is 0 Å². The van der Waals surface area contributed by atoms with Crippen LogP contribution in [0.15, 0.2) is 0 Å². The van der Waals surface area contributed by atoms with Crippen molar-refractivity contribution >= 4 is 23.1 Å². The molecule has 1 unspecified atom stereocenters. The summed E-state index contributed by atoms with van der Waals surface area (Å²) in [5.74, 6) is 0.261. The Balaban J connectivity index is 2.25. The number of nitrogens with one attached hydrogen (secondary N) is 1. The Morgan fingerprint density at radius 3 is 2.53 bits per heavy atom. The molecule has 0 amide bonds. The average molecular weight is 228 g/mol. The smallest absolute Gasteiger partial charge is 0.168 e. The van der Waals surface area contributed by atoms with Crippen LogP contribution in [0, 0.1) is 5.92 Å². The first-order valence-corrected chi connectivity index (χ1v) is 6.05. The number of likely N-dealkylation sites (tertiary alicyclic amines) is 1. The molecule has 0 aromatic carbocycles. The summed E-state index contributed by atoms with van der Waals surface area (Å²) >= 11 is 5.28. The van der Waals surface area contributed by atoms with Crippen LogP contribution in [0.1, 0.15) is 33.1 Å². The fourth-order valence-corrected chi connectivity index (χ4v) is 1.86. The summed E-state index contributed by atoms with van der Waals surface area (Å²) in [7, 11) is 0. The van der Waals surface area contributed by atoms with Crippen molar-refractivity contribution in [2.24, 2.45) is 5.92 Å². The molecule has 0 saturated carbocycles. The molecule has 1 aliphatic rings. The highest BCUT2D eigenvalue weighted by Gasteiger charge is 2.14. The van der Waals surface area contributed by atoms with E-state index in [0.717, 1.165) is 18.2 Å². The predicted octanol–water partition coefficient (Wildman–Crippen LogP) is 1.57. The Labute approximate surface area is 97.2 Å². The molecule has 1 saturated heterocycles. The van der Waals surface area contributed by atoms with Crippen LogP contribution in [-0.2, 0) is 4.79 Å². The van der Waals surface area contributed by atoms with Gasteiger partial charge in [-0.3, -0.25) is 4.79 Å². The van der Waals surface area contributed by atoms with E-state index in [0.29, 0.717) is 6.54 Å². The van der Waals surface area contributed by atoms with Crippen LogP contribution in [0.2, 0.25) is 0 Å². The molecule has 1 N–H and O–H groups in total. The van der Waals surface area contributed by atoms with E-state index in [1.165, 1.54) is 19.3 Å². The van der Waals surface area contributed by atoms with Gasteiger partial charge in [-0.05, 0) is 38.4 Å². The molecule has 1 rings (SSSR count). The molecule has 1 aliphatic heterocycles. The first-order valence-electron chi connectivity index (χ1n) is 5.64. The van der Waals surface area contributed by atoms with Gasteiger partial charge in [-0.25, -0.2) is 0 Å². The molecule has 0 aromatic rings. The van der Waals surface area contributed by atoms with Gasteiger partial charge in [0, 0.05) is 25.6 Å². The molecule has 3 nitrogen and oxygen atoms in total. The Morgan fingerprint density at radius 1 is 1.40 bits per heavy atom. The molecule has 86 valence electrons. The number of thiocarbonyl (C=S) groups is 1. The van der Waals surface area contributed by atoms with Crippen molar-refractivity contribution in [2.75, 3.05) is 19.6 Å². The van der Waals surface area contributed by atoms with Crippen LogP contribution in [0.4, 0.5) is 0 Å². The van der Waals surface area contributed by atoms with Gasteiger partial charge in [-0.15, -0.1) is 0 Å². The van der Waals surface area contributed by atoms with Gasteiger partial charge in [0.1, 0.15) is 5.78 Å². The Morgan fingerprint density at radius 2 is 2.00 bits per heavy atom. The van der Waals surface area contributed by atoms with E-state index < -0.39 is 0 Å². The quantitative estimate of drug-likeness (QED) is 0.743. The SMILES string of the molecule is CC(=O)C(C)CNC(=S)N1CCCCC1. The number of Topliss-reactive ketones (excluding diaryl/α,β-unsaturated/α-hetero) is 1. The second-order valence-electron chi connectivity index (χ2n) is 4.25. The third-order valence-electron chi connectivity index (χ3n) is 2.90. The van der Waals surface area contributed by atoms with Gasteiger partial charge in [0.2, 0.25) is 0 Å². The predicted molar refractivity (Wildman–Crippen MR) is 65.9 cm³/mol. The highest BCUT2D eigenvalue weighted by atomic mass is 32.1. The fourth-order valence-electron chi connectivity index (χ4n) is 1.59. The highest BCUT2D eigenvalue weighted by Crippen LogP contribution is 2.08. The lowest BCUT2D eigenvalue weighted by Gasteiger charge is -2.29. The van der Waals surface area contributed by atoms with E-state index in [-0.39, 0.29) is 11.7 Å². The molecule has 15 heavy (non-hydrogen) atoms. The van der Waals surface area contributed by atoms with Crippen molar-refractivity contribution in [1.29, 1.82) is 0 Å². The molecule has 1 atom stereocenters. The number of ketones is 1. The topological polar surface area (TPSA) is 32.3 Å². The van der Waals surface area contributed by atoms with Crippen molar-refractivity contribution in [3.05, 3.63) is 0 Å². The molecule has 1 heterocycles.